The predicted octanol–water partition coefficient (Wildman–Crippen LogP) is 1.19. The zero-order chi connectivity index (χ0) is 15.6. The summed E-state index contributed by atoms with van der Waals surface area (Å²) in [6.07, 6.45) is 1.12. The summed E-state index contributed by atoms with van der Waals surface area (Å²) < 4.78 is 4.89. The number of likely N-dealkylation sites (N-methyl/N-ethyl adjacent to an activating group) is 2. The van der Waals surface area contributed by atoms with Gasteiger partial charge in [-0.1, -0.05) is 20.8 Å². The van der Waals surface area contributed by atoms with E-state index in [2.05, 4.69) is 35.9 Å². The van der Waals surface area contributed by atoms with E-state index in [9.17, 15) is 4.79 Å². The van der Waals surface area contributed by atoms with Crippen molar-refractivity contribution in [3.05, 3.63) is 0 Å². The number of hydrogen-bond acceptors (Lipinski definition) is 5. The van der Waals surface area contributed by atoms with Gasteiger partial charge in [0.15, 0.2) is 0 Å². The molecule has 1 N–H and O–H groups in total. The van der Waals surface area contributed by atoms with E-state index in [-0.39, 0.29) is 5.97 Å². The maximum atomic E-state index is 11.9. The van der Waals surface area contributed by atoms with Gasteiger partial charge in [-0.3, -0.25) is 4.79 Å². The number of esters is 1. The third-order valence-corrected chi connectivity index (χ3v) is 4.02. The Balaban J connectivity index is 4.35. The number of carbonyl (C=O) groups excluding carboxylic acids is 1. The molecule has 20 heavy (non-hydrogen) atoms. The molecule has 0 fully saturated rings. The summed E-state index contributed by atoms with van der Waals surface area (Å²) in [4.78, 5) is 16.6. The molecule has 120 valence electrons. The summed E-state index contributed by atoms with van der Waals surface area (Å²) in [7, 11) is 3.25. The first-order valence-corrected chi connectivity index (χ1v) is 7.69. The zero-order valence-corrected chi connectivity index (χ0v) is 14.2. The fourth-order valence-electron chi connectivity index (χ4n) is 2.32. The number of nitrogens with one attached hydrogen (secondary N) is 1. The lowest BCUT2D eigenvalue weighted by Crippen LogP contribution is -2.56. The van der Waals surface area contributed by atoms with Crippen molar-refractivity contribution >= 4 is 5.97 Å². The molecule has 0 aromatic rings. The number of methoxy groups -OCH3 is 1. The molecular weight excluding hydrogens is 254 g/mol. The van der Waals surface area contributed by atoms with Crippen LogP contribution >= 0.6 is 0 Å². The number of nitrogens with zero attached hydrogens (tertiary/aromatic N) is 2. The highest BCUT2D eigenvalue weighted by Gasteiger charge is 2.34. The van der Waals surface area contributed by atoms with Crippen LogP contribution in [-0.2, 0) is 9.53 Å². The Hall–Kier alpha value is -0.650. The van der Waals surface area contributed by atoms with Crippen molar-refractivity contribution in [2.45, 2.75) is 39.7 Å². The van der Waals surface area contributed by atoms with Gasteiger partial charge in [-0.05, 0) is 53.1 Å². The van der Waals surface area contributed by atoms with E-state index in [0.717, 1.165) is 39.1 Å². The number of hydrogen-bond donors (Lipinski definition) is 1. The van der Waals surface area contributed by atoms with Gasteiger partial charge in [-0.2, -0.15) is 0 Å². The van der Waals surface area contributed by atoms with Gasteiger partial charge in [0.25, 0.3) is 0 Å². The molecule has 0 saturated heterocycles. The Morgan fingerprint density at radius 3 is 2.00 bits per heavy atom. The number of ether oxygens (including phenoxy) is 1. The Morgan fingerprint density at radius 1 is 1.10 bits per heavy atom. The van der Waals surface area contributed by atoms with E-state index in [4.69, 9.17) is 4.74 Å². The zero-order valence-electron chi connectivity index (χ0n) is 14.2. The average Bonchev–Trinajstić information content (AvgIpc) is 2.49. The van der Waals surface area contributed by atoms with Crippen LogP contribution in [0.3, 0.4) is 0 Å². The van der Waals surface area contributed by atoms with E-state index in [0.29, 0.717) is 6.54 Å². The van der Waals surface area contributed by atoms with Gasteiger partial charge in [0, 0.05) is 6.54 Å². The fourth-order valence-corrected chi connectivity index (χ4v) is 2.32. The second kappa shape index (κ2) is 10.1. The van der Waals surface area contributed by atoms with Crippen LogP contribution in [0.5, 0.6) is 0 Å². The third-order valence-electron chi connectivity index (χ3n) is 4.02. The average molecular weight is 287 g/mol. The Kier molecular flexibility index (Phi) is 9.80. The highest BCUT2D eigenvalue weighted by atomic mass is 16.5. The molecule has 0 heterocycles. The molecule has 0 aliphatic carbocycles. The van der Waals surface area contributed by atoms with E-state index in [1.54, 1.807) is 7.05 Å². The second-order valence-corrected chi connectivity index (χ2v) is 5.32. The fraction of sp³-hybridized carbons (Fsp3) is 0.933. The maximum absolute atomic E-state index is 11.9. The largest absolute Gasteiger partial charge is 0.468 e. The van der Waals surface area contributed by atoms with Crippen molar-refractivity contribution in [3.8, 4) is 0 Å². The summed E-state index contributed by atoms with van der Waals surface area (Å²) >= 11 is 0. The first-order chi connectivity index (χ1) is 9.47. The lowest BCUT2D eigenvalue weighted by molar-refractivity contribution is -0.148. The quantitative estimate of drug-likeness (QED) is 0.578. The Labute approximate surface area is 124 Å². The first kappa shape index (κ1) is 19.4. The topological polar surface area (TPSA) is 44.8 Å². The van der Waals surface area contributed by atoms with Gasteiger partial charge >= 0.3 is 5.97 Å². The lowest BCUT2D eigenvalue weighted by Gasteiger charge is -2.33. The molecule has 0 bridgehead atoms. The van der Waals surface area contributed by atoms with E-state index >= 15 is 0 Å². The molecule has 0 saturated carbocycles. The van der Waals surface area contributed by atoms with E-state index in [1.165, 1.54) is 7.11 Å². The van der Waals surface area contributed by atoms with Crippen LogP contribution in [0.25, 0.3) is 0 Å². The van der Waals surface area contributed by atoms with Gasteiger partial charge in [0.05, 0.1) is 7.11 Å². The summed E-state index contributed by atoms with van der Waals surface area (Å²) in [5, 5.41) is 3.09. The van der Waals surface area contributed by atoms with Gasteiger partial charge < -0.3 is 19.9 Å². The van der Waals surface area contributed by atoms with Crippen molar-refractivity contribution in [2.24, 2.45) is 0 Å². The predicted molar refractivity (Wildman–Crippen MR) is 84.0 cm³/mol. The highest BCUT2D eigenvalue weighted by Crippen LogP contribution is 2.09. The van der Waals surface area contributed by atoms with Crippen LogP contribution in [0.1, 0.15) is 34.1 Å². The van der Waals surface area contributed by atoms with Crippen molar-refractivity contribution in [3.63, 3.8) is 0 Å². The smallest absolute Gasteiger partial charge is 0.327 e. The molecule has 0 rings (SSSR count). The van der Waals surface area contributed by atoms with E-state index < -0.39 is 5.54 Å². The molecule has 1 atom stereocenters. The molecule has 0 aromatic carbocycles. The van der Waals surface area contributed by atoms with Gasteiger partial charge in [-0.15, -0.1) is 0 Å². The molecular formula is C15H33N3O2. The minimum absolute atomic E-state index is 0.206. The van der Waals surface area contributed by atoms with Crippen LogP contribution in [0.2, 0.25) is 0 Å². The molecule has 5 heteroatoms. The van der Waals surface area contributed by atoms with Crippen molar-refractivity contribution in [1.29, 1.82) is 0 Å². The van der Waals surface area contributed by atoms with Crippen molar-refractivity contribution < 1.29 is 9.53 Å². The monoisotopic (exact) mass is 287 g/mol. The minimum atomic E-state index is -0.639. The van der Waals surface area contributed by atoms with Crippen molar-refractivity contribution in [2.75, 3.05) is 53.4 Å². The summed E-state index contributed by atoms with van der Waals surface area (Å²) in [6, 6.07) is 0. The third kappa shape index (κ3) is 6.20. The molecule has 5 nitrogen and oxygen atoms in total. The normalized spacial score (nSPS) is 14.6. The molecule has 1 unspecified atom stereocenters. The molecule has 0 spiro atoms. The second-order valence-electron chi connectivity index (χ2n) is 5.32. The summed E-state index contributed by atoms with van der Waals surface area (Å²) in [5.41, 5.74) is -0.639. The van der Waals surface area contributed by atoms with Crippen molar-refractivity contribution in [1.82, 2.24) is 15.1 Å². The Morgan fingerprint density at radius 2 is 1.60 bits per heavy atom. The SMILES string of the molecule is CCN(CC)CCCN(CC)CC(C)(NC)C(=O)OC. The lowest BCUT2D eigenvalue weighted by atomic mass is 10.0. The highest BCUT2D eigenvalue weighted by molar-refractivity contribution is 5.80. The molecule has 0 aromatic heterocycles. The molecule has 0 aliphatic heterocycles. The van der Waals surface area contributed by atoms with E-state index in [1.807, 2.05) is 6.92 Å². The molecule has 0 amide bonds. The van der Waals surface area contributed by atoms with Crippen LogP contribution in [0, 0.1) is 0 Å². The minimum Gasteiger partial charge on any atom is -0.468 e. The van der Waals surface area contributed by atoms with Crippen LogP contribution in [0.4, 0.5) is 0 Å². The van der Waals surface area contributed by atoms with Gasteiger partial charge in [0.2, 0.25) is 0 Å². The standard InChI is InChI=1S/C15H33N3O2/c1-7-17(8-2)11-10-12-18(9-3)13-15(4,16-5)14(19)20-6/h16H,7-13H2,1-6H3. The van der Waals surface area contributed by atoms with Crippen LogP contribution in [0.15, 0.2) is 0 Å². The summed E-state index contributed by atoms with van der Waals surface area (Å²) in [6.45, 7) is 14.3. The van der Waals surface area contributed by atoms with Crippen LogP contribution < -0.4 is 5.32 Å². The van der Waals surface area contributed by atoms with Crippen LogP contribution in [-0.4, -0.2) is 74.7 Å². The maximum Gasteiger partial charge on any atom is 0.327 e. The number of carbonyl (C=O) groups is 1. The first-order valence-electron chi connectivity index (χ1n) is 7.69. The Bertz CT molecular complexity index is 270. The number of rotatable bonds is 11. The van der Waals surface area contributed by atoms with Gasteiger partial charge in [0.1, 0.15) is 5.54 Å². The van der Waals surface area contributed by atoms with Gasteiger partial charge in [-0.25, -0.2) is 0 Å². The molecule has 0 aliphatic rings. The molecule has 0 radical (unpaired) electrons. The summed E-state index contributed by atoms with van der Waals surface area (Å²) in [5.74, 6) is -0.206.